The zero-order chi connectivity index (χ0) is 20.8. The summed E-state index contributed by atoms with van der Waals surface area (Å²) in [6.45, 7) is 7.07. The smallest absolute Gasteiger partial charge is 0.270 e. The summed E-state index contributed by atoms with van der Waals surface area (Å²) in [4.78, 5) is 27.2. The highest BCUT2D eigenvalue weighted by Gasteiger charge is 2.18. The molecule has 0 spiro atoms. The Morgan fingerprint density at radius 3 is 2.62 bits per heavy atom. The van der Waals surface area contributed by atoms with Crippen LogP contribution in [0.1, 0.15) is 12.5 Å². The number of nitro benzene ring substituents is 1. The Morgan fingerprint density at radius 1 is 1.21 bits per heavy atom. The summed E-state index contributed by atoms with van der Waals surface area (Å²) in [5, 5.41) is 14.2. The molecule has 0 atom stereocenters. The normalized spacial score (nSPS) is 14.9. The quantitative estimate of drug-likeness (QED) is 0.438. The molecule has 152 valence electrons. The van der Waals surface area contributed by atoms with Crippen molar-refractivity contribution < 1.29 is 9.72 Å². The lowest BCUT2D eigenvalue weighted by atomic mass is 10.2. The average Bonchev–Trinajstić information content (AvgIpc) is 2.73. The Labute approximate surface area is 174 Å². The Kier molecular flexibility index (Phi) is 6.85. The van der Waals surface area contributed by atoms with Crippen LogP contribution < -0.4 is 10.2 Å². The van der Waals surface area contributed by atoms with Gasteiger partial charge in [0.1, 0.15) is 0 Å². The molecule has 2 aromatic carbocycles. The van der Waals surface area contributed by atoms with Gasteiger partial charge in [0, 0.05) is 50.1 Å². The second kappa shape index (κ2) is 9.54. The molecular weight excluding hydrogens is 392 g/mol. The Bertz CT molecular complexity index is 924. The Hall–Kier alpha value is -2.90. The first-order valence-electron chi connectivity index (χ1n) is 9.46. The summed E-state index contributed by atoms with van der Waals surface area (Å²) >= 11 is 6.45. The maximum Gasteiger partial charge on any atom is 0.270 e. The van der Waals surface area contributed by atoms with E-state index in [0.29, 0.717) is 16.3 Å². The van der Waals surface area contributed by atoms with E-state index in [-0.39, 0.29) is 11.6 Å². The minimum Gasteiger partial charge on any atom is -0.368 e. The van der Waals surface area contributed by atoms with Gasteiger partial charge < -0.3 is 15.1 Å². The summed E-state index contributed by atoms with van der Waals surface area (Å²) in [7, 11) is 0. The first-order valence-corrected chi connectivity index (χ1v) is 9.84. The van der Waals surface area contributed by atoms with Crippen LogP contribution in [0.25, 0.3) is 6.08 Å². The number of hydrogen-bond acceptors (Lipinski definition) is 5. The van der Waals surface area contributed by atoms with Gasteiger partial charge in [-0.25, -0.2) is 0 Å². The summed E-state index contributed by atoms with van der Waals surface area (Å²) in [6, 6.07) is 11.6. The Balaban J connectivity index is 1.61. The van der Waals surface area contributed by atoms with E-state index in [2.05, 4.69) is 22.0 Å². The van der Waals surface area contributed by atoms with Crippen molar-refractivity contribution in [2.45, 2.75) is 6.92 Å². The third-order valence-electron chi connectivity index (χ3n) is 4.88. The van der Waals surface area contributed by atoms with Crippen LogP contribution in [0.4, 0.5) is 17.1 Å². The molecule has 1 saturated heterocycles. The van der Waals surface area contributed by atoms with Gasteiger partial charge in [0.15, 0.2) is 0 Å². The third-order valence-corrected chi connectivity index (χ3v) is 5.19. The van der Waals surface area contributed by atoms with Crippen molar-refractivity contribution in [2.24, 2.45) is 0 Å². The molecule has 1 heterocycles. The second-order valence-electron chi connectivity index (χ2n) is 6.76. The van der Waals surface area contributed by atoms with Crippen LogP contribution >= 0.6 is 11.6 Å². The number of nitrogens with one attached hydrogen (secondary N) is 1. The molecule has 0 saturated carbocycles. The molecule has 29 heavy (non-hydrogen) atoms. The number of carbonyl (C=O) groups excluding carboxylic acids is 1. The minimum absolute atomic E-state index is 0.0188. The first-order chi connectivity index (χ1) is 14.0. The van der Waals surface area contributed by atoms with E-state index in [1.165, 1.54) is 24.3 Å². The van der Waals surface area contributed by atoms with E-state index in [9.17, 15) is 14.9 Å². The molecule has 1 N–H and O–H groups in total. The number of nitrogens with zero attached hydrogens (tertiary/aromatic N) is 3. The topological polar surface area (TPSA) is 78.7 Å². The maximum absolute atomic E-state index is 12.2. The zero-order valence-corrected chi connectivity index (χ0v) is 16.9. The van der Waals surface area contributed by atoms with Gasteiger partial charge >= 0.3 is 0 Å². The molecule has 0 bridgehead atoms. The van der Waals surface area contributed by atoms with E-state index in [0.717, 1.165) is 38.4 Å². The minimum atomic E-state index is -0.469. The van der Waals surface area contributed by atoms with Gasteiger partial charge in [-0.2, -0.15) is 0 Å². The molecule has 2 aromatic rings. The SMILES string of the molecule is CCN1CCN(c2ccc(NC(=O)/C=C/c3cccc([N+](=O)[O-])c3)cc2Cl)CC1. The van der Waals surface area contributed by atoms with Crippen molar-refractivity contribution in [1.29, 1.82) is 0 Å². The number of piperazine rings is 1. The number of rotatable bonds is 6. The number of likely N-dealkylation sites (N-methyl/N-ethyl adjacent to an activating group) is 1. The highest BCUT2D eigenvalue weighted by atomic mass is 35.5. The maximum atomic E-state index is 12.2. The second-order valence-corrected chi connectivity index (χ2v) is 7.17. The number of non-ortho nitro benzene ring substituents is 1. The van der Waals surface area contributed by atoms with Gasteiger partial charge in [-0.05, 0) is 36.4 Å². The van der Waals surface area contributed by atoms with Crippen molar-refractivity contribution in [2.75, 3.05) is 42.9 Å². The van der Waals surface area contributed by atoms with Crippen LogP contribution in [0, 0.1) is 10.1 Å². The predicted molar refractivity (Wildman–Crippen MR) is 117 cm³/mol. The third kappa shape index (κ3) is 5.56. The molecule has 1 amide bonds. The molecule has 7 nitrogen and oxygen atoms in total. The van der Waals surface area contributed by atoms with Crippen LogP contribution in [0.15, 0.2) is 48.5 Å². The van der Waals surface area contributed by atoms with E-state index in [1.807, 2.05) is 12.1 Å². The lowest BCUT2D eigenvalue weighted by Crippen LogP contribution is -2.46. The standard InChI is InChI=1S/C21H23ClN4O3/c1-2-24-10-12-25(13-11-24)20-8-7-17(15-19(20)22)23-21(27)9-6-16-4-3-5-18(14-16)26(28)29/h3-9,14-15H,2,10-13H2,1H3,(H,23,27)/b9-6+. The van der Waals surface area contributed by atoms with Gasteiger partial charge in [-0.3, -0.25) is 14.9 Å². The zero-order valence-electron chi connectivity index (χ0n) is 16.2. The van der Waals surface area contributed by atoms with Crippen LogP contribution in [0.3, 0.4) is 0 Å². The molecule has 0 aromatic heterocycles. The summed E-state index contributed by atoms with van der Waals surface area (Å²) < 4.78 is 0. The van der Waals surface area contributed by atoms with Crippen LogP contribution in [0.2, 0.25) is 5.02 Å². The molecule has 0 unspecified atom stereocenters. The van der Waals surface area contributed by atoms with E-state index in [4.69, 9.17) is 11.6 Å². The summed E-state index contributed by atoms with van der Waals surface area (Å²) in [5.74, 6) is -0.336. The highest BCUT2D eigenvalue weighted by Crippen LogP contribution is 2.29. The molecule has 3 rings (SSSR count). The Morgan fingerprint density at radius 2 is 1.97 bits per heavy atom. The van der Waals surface area contributed by atoms with Gasteiger partial charge in [-0.15, -0.1) is 0 Å². The molecular formula is C21H23ClN4O3. The van der Waals surface area contributed by atoms with Gasteiger partial charge in [0.2, 0.25) is 5.91 Å². The van der Waals surface area contributed by atoms with Crippen molar-refractivity contribution in [3.63, 3.8) is 0 Å². The first kappa shape index (κ1) is 20.8. The van der Waals surface area contributed by atoms with Crippen LogP contribution in [0.5, 0.6) is 0 Å². The molecule has 1 aliphatic rings. The predicted octanol–water partition coefficient (Wildman–Crippen LogP) is 4.04. The van der Waals surface area contributed by atoms with Crippen LogP contribution in [-0.2, 0) is 4.79 Å². The monoisotopic (exact) mass is 414 g/mol. The number of carbonyl (C=O) groups is 1. The highest BCUT2D eigenvalue weighted by molar-refractivity contribution is 6.33. The van der Waals surface area contributed by atoms with Crippen molar-refractivity contribution >= 4 is 40.6 Å². The molecule has 0 aliphatic carbocycles. The van der Waals surface area contributed by atoms with Gasteiger partial charge in [0.25, 0.3) is 5.69 Å². The van der Waals surface area contributed by atoms with E-state index >= 15 is 0 Å². The fraction of sp³-hybridized carbons (Fsp3) is 0.286. The molecule has 0 radical (unpaired) electrons. The lowest BCUT2D eigenvalue weighted by molar-refractivity contribution is -0.384. The molecule has 1 fully saturated rings. The lowest BCUT2D eigenvalue weighted by Gasteiger charge is -2.36. The number of amides is 1. The number of halogens is 1. The number of hydrogen-bond donors (Lipinski definition) is 1. The number of benzene rings is 2. The van der Waals surface area contributed by atoms with E-state index in [1.54, 1.807) is 18.2 Å². The average molecular weight is 415 g/mol. The van der Waals surface area contributed by atoms with Gasteiger partial charge in [-0.1, -0.05) is 30.7 Å². The molecule has 8 heteroatoms. The fourth-order valence-corrected chi connectivity index (χ4v) is 3.54. The summed E-state index contributed by atoms with van der Waals surface area (Å²) in [6.07, 6.45) is 2.87. The molecule has 1 aliphatic heterocycles. The number of anilines is 2. The van der Waals surface area contributed by atoms with Crippen LogP contribution in [-0.4, -0.2) is 48.5 Å². The van der Waals surface area contributed by atoms with Crippen molar-refractivity contribution in [1.82, 2.24) is 4.90 Å². The fourth-order valence-electron chi connectivity index (χ4n) is 3.24. The van der Waals surface area contributed by atoms with Crippen molar-refractivity contribution in [3.8, 4) is 0 Å². The van der Waals surface area contributed by atoms with Gasteiger partial charge in [0.05, 0.1) is 15.6 Å². The largest absolute Gasteiger partial charge is 0.368 e. The van der Waals surface area contributed by atoms with Crippen molar-refractivity contribution in [3.05, 3.63) is 69.2 Å². The number of nitro groups is 1. The summed E-state index contributed by atoms with van der Waals surface area (Å²) in [5.41, 5.74) is 2.12. The van der Waals surface area contributed by atoms with E-state index < -0.39 is 4.92 Å².